The van der Waals surface area contributed by atoms with Gasteiger partial charge in [-0.15, -0.1) is 23.5 Å². The molecule has 2 heterocycles. The van der Waals surface area contributed by atoms with Crippen molar-refractivity contribution in [2.45, 2.75) is 37.2 Å². The molecule has 3 aliphatic carbocycles. The van der Waals surface area contributed by atoms with E-state index in [0.29, 0.717) is 0 Å². The van der Waals surface area contributed by atoms with Crippen molar-refractivity contribution in [3.8, 4) is 12.1 Å². The van der Waals surface area contributed by atoms with E-state index in [0.717, 1.165) is 16.7 Å². The molecule has 5 aliphatic rings. The molecule has 1 fully saturated rings. The minimum atomic E-state index is -1.19. The second kappa shape index (κ2) is 5.47. The number of nitrogens with zero attached hydrogens (tertiary/aromatic N) is 2. The second-order valence-corrected chi connectivity index (χ2v) is 11.6. The highest BCUT2D eigenvalue weighted by atomic mass is 32.2. The molecule has 0 aromatic carbocycles. The number of rotatable bonds is 0. The van der Waals surface area contributed by atoms with Crippen molar-refractivity contribution in [3.05, 3.63) is 80.2 Å². The van der Waals surface area contributed by atoms with E-state index in [1.165, 1.54) is 21.0 Å². The Bertz CT molecular complexity index is 1130. The van der Waals surface area contributed by atoms with Crippen molar-refractivity contribution in [1.82, 2.24) is 0 Å². The van der Waals surface area contributed by atoms with Crippen LogP contribution in [0.25, 0.3) is 0 Å². The first kappa shape index (κ1) is 17.9. The highest BCUT2D eigenvalue weighted by molar-refractivity contribution is 8.09. The van der Waals surface area contributed by atoms with Crippen LogP contribution in [0.1, 0.15) is 27.7 Å². The number of hydrogen-bond acceptors (Lipinski definition) is 4. The van der Waals surface area contributed by atoms with Gasteiger partial charge in [-0.3, -0.25) is 0 Å². The fourth-order valence-corrected chi connectivity index (χ4v) is 8.50. The molecule has 0 amide bonds. The van der Waals surface area contributed by atoms with Gasteiger partial charge in [0.1, 0.15) is 0 Å². The Morgan fingerprint density at radius 2 is 1.50 bits per heavy atom. The first-order chi connectivity index (χ1) is 13.3. The molecule has 0 spiro atoms. The van der Waals surface area contributed by atoms with Crippen LogP contribution >= 0.6 is 23.5 Å². The molecule has 0 saturated heterocycles. The minimum Gasteiger partial charge on any atom is -0.196 e. The van der Waals surface area contributed by atoms with E-state index in [2.05, 4.69) is 58.1 Å². The van der Waals surface area contributed by atoms with Crippen molar-refractivity contribution in [2.75, 3.05) is 0 Å². The van der Waals surface area contributed by atoms with Gasteiger partial charge in [-0.1, -0.05) is 30.4 Å². The van der Waals surface area contributed by atoms with Crippen LogP contribution in [-0.4, -0.2) is 9.49 Å². The molecule has 1 unspecified atom stereocenters. The standard InChI is InChI=1S/C24H20N2S2/c1-14-10-18-20-16-8-6-5-7-9-17(16)24(12-25,13-26)21(20)19-11-15(2)28-23(19,4)22(18,3)27-14/h5-11,17H,1-4H3/t17?,22-,23-/m0/s1. The van der Waals surface area contributed by atoms with E-state index in [-0.39, 0.29) is 15.4 Å². The molecule has 2 nitrogen and oxygen atoms in total. The van der Waals surface area contributed by atoms with Gasteiger partial charge < -0.3 is 0 Å². The summed E-state index contributed by atoms with van der Waals surface area (Å²) in [7, 11) is 0. The quantitative estimate of drug-likeness (QED) is 0.491. The van der Waals surface area contributed by atoms with Crippen molar-refractivity contribution in [2.24, 2.45) is 11.3 Å². The smallest absolute Gasteiger partial charge is 0.179 e. The van der Waals surface area contributed by atoms with Crippen LogP contribution in [0.15, 0.2) is 80.2 Å². The van der Waals surface area contributed by atoms with Gasteiger partial charge in [0.2, 0.25) is 0 Å². The third kappa shape index (κ3) is 1.82. The predicted octanol–water partition coefficient (Wildman–Crippen LogP) is 6.13. The Morgan fingerprint density at radius 3 is 2.14 bits per heavy atom. The normalized spacial score (nSPS) is 36.5. The lowest BCUT2D eigenvalue weighted by Gasteiger charge is -2.47. The van der Waals surface area contributed by atoms with Crippen LogP contribution in [0.4, 0.5) is 0 Å². The number of hydrogen-bond donors (Lipinski definition) is 0. The van der Waals surface area contributed by atoms with Crippen LogP contribution < -0.4 is 0 Å². The average Bonchev–Trinajstić information content (AvgIpc) is 3.14. The maximum Gasteiger partial charge on any atom is 0.179 e. The second-order valence-electron chi connectivity index (χ2n) is 8.26. The number of fused-ring (bicyclic) bond motifs is 6. The Balaban J connectivity index is 1.99. The molecule has 3 atom stereocenters. The zero-order chi connectivity index (χ0) is 19.9. The SMILES string of the molecule is CC1=CC2=C3C4=CC=CC=CC4C(C#N)(C#N)C3=C3C=C(C)S[C@]3(C)[C@@]2(C)S1. The summed E-state index contributed by atoms with van der Waals surface area (Å²) in [6.07, 6.45) is 14.6. The summed E-state index contributed by atoms with van der Waals surface area (Å²) < 4.78 is -0.330. The third-order valence-corrected chi connectivity index (χ3v) is 9.87. The summed E-state index contributed by atoms with van der Waals surface area (Å²) >= 11 is 3.81. The van der Waals surface area contributed by atoms with E-state index in [4.69, 9.17) is 0 Å². The molecule has 138 valence electrons. The number of nitriles is 2. The lowest BCUT2D eigenvalue weighted by atomic mass is 9.67. The highest BCUT2D eigenvalue weighted by Crippen LogP contribution is 2.71. The number of allylic oxidation sites excluding steroid dienone is 12. The molecule has 0 aromatic heterocycles. The maximum absolute atomic E-state index is 10.4. The molecule has 0 bridgehead atoms. The van der Waals surface area contributed by atoms with Crippen molar-refractivity contribution in [3.63, 3.8) is 0 Å². The van der Waals surface area contributed by atoms with Crippen LogP contribution in [0.2, 0.25) is 0 Å². The number of thioether (sulfide) groups is 2. The summed E-state index contributed by atoms with van der Waals surface area (Å²) in [4.78, 5) is 2.54. The van der Waals surface area contributed by atoms with E-state index in [9.17, 15) is 10.5 Å². The lowest BCUT2D eigenvalue weighted by molar-refractivity contribution is 0.534. The first-order valence-corrected chi connectivity index (χ1v) is 11.1. The first-order valence-electron chi connectivity index (χ1n) is 9.45. The Hall–Kier alpha value is -2.14. The van der Waals surface area contributed by atoms with Crippen LogP contribution in [0, 0.1) is 34.0 Å². The monoisotopic (exact) mass is 400 g/mol. The maximum atomic E-state index is 10.4. The summed E-state index contributed by atoms with van der Waals surface area (Å²) in [6.45, 7) is 8.93. The fraction of sp³-hybridized carbons (Fsp3) is 0.333. The average molecular weight is 401 g/mol. The van der Waals surface area contributed by atoms with Gasteiger partial charge in [0.05, 0.1) is 21.6 Å². The molecule has 1 saturated carbocycles. The van der Waals surface area contributed by atoms with Crippen molar-refractivity contribution in [1.29, 1.82) is 10.5 Å². The van der Waals surface area contributed by atoms with Gasteiger partial charge in [0, 0.05) is 5.92 Å². The fourth-order valence-electron chi connectivity index (χ4n) is 5.46. The molecule has 28 heavy (non-hydrogen) atoms. The van der Waals surface area contributed by atoms with E-state index >= 15 is 0 Å². The summed E-state index contributed by atoms with van der Waals surface area (Å²) in [6, 6.07) is 4.93. The Morgan fingerprint density at radius 1 is 0.893 bits per heavy atom. The predicted molar refractivity (Wildman–Crippen MR) is 117 cm³/mol. The molecular weight excluding hydrogens is 380 g/mol. The molecule has 0 N–H and O–H groups in total. The summed E-state index contributed by atoms with van der Waals surface area (Å²) in [5.74, 6) is -0.243. The van der Waals surface area contributed by atoms with Crippen molar-refractivity contribution < 1.29 is 0 Å². The lowest BCUT2D eigenvalue weighted by Crippen LogP contribution is -2.48. The highest BCUT2D eigenvalue weighted by Gasteiger charge is 2.65. The van der Waals surface area contributed by atoms with E-state index in [1.54, 1.807) is 0 Å². The molecule has 4 heteroatoms. The van der Waals surface area contributed by atoms with E-state index < -0.39 is 5.41 Å². The Labute approximate surface area is 174 Å². The van der Waals surface area contributed by atoms with Crippen LogP contribution in [0.3, 0.4) is 0 Å². The molecule has 0 radical (unpaired) electrons. The summed E-state index contributed by atoms with van der Waals surface area (Å²) in [5, 5.41) is 20.7. The molecule has 0 aromatic rings. The summed E-state index contributed by atoms with van der Waals surface area (Å²) in [5.41, 5.74) is 4.44. The van der Waals surface area contributed by atoms with Gasteiger partial charge in [0.25, 0.3) is 0 Å². The zero-order valence-electron chi connectivity index (χ0n) is 16.3. The third-order valence-electron chi connectivity index (χ3n) is 6.79. The zero-order valence-corrected chi connectivity index (χ0v) is 18.0. The largest absolute Gasteiger partial charge is 0.196 e. The van der Waals surface area contributed by atoms with Gasteiger partial charge in [-0.2, -0.15) is 10.5 Å². The van der Waals surface area contributed by atoms with Gasteiger partial charge >= 0.3 is 0 Å². The Kier molecular flexibility index (Phi) is 3.50. The van der Waals surface area contributed by atoms with E-state index in [1.807, 2.05) is 47.8 Å². The van der Waals surface area contributed by atoms with Crippen molar-refractivity contribution >= 4 is 23.5 Å². The molecular formula is C24H20N2S2. The van der Waals surface area contributed by atoms with Gasteiger partial charge in [-0.05, 0) is 77.5 Å². The minimum absolute atomic E-state index is 0.129. The van der Waals surface area contributed by atoms with Gasteiger partial charge in [-0.25, -0.2) is 0 Å². The molecule has 2 aliphatic heterocycles. The van der Waals surface area contributed by atoms with Crippen LogP contribution in [0.5, 0.6) is 0 Å². The molecule has 5 rings (SSSR count). The topological polar surface area (TPSA) is 47.6 Å². The van der Waals surface area contributed by atoms with Crippen LogP contribution in [-0.2, 0) is 0 Å². The van der Waals surface area contributed by atoms with Gasteiger partial charge in [0.15, 0.2) is 5.41 Å².